The third-order valence-corrected chi connectivity index (χ3v) is 8.77. The van der Waals surface area contributed by atoms with E-state index in [0.29, 0.717) is 24.5 Å². The first kappa shape index (κ1) is 29.4. The lowest BCUT2D eigenvalue weighted by Crippen LogP contribution is -2.32. The van der Waals surface area contributed by atoms with E-state index in [2.05, 4.69) is 80.5 Å². The molecule has 44 heavy (non-hydrogen) atoms. The van der Waals surface area contributed by atoms with Crippen molar-refractivity contribution in [1.29, 1.82) is 0 Å². The van der Waals surface area contributed by atoms with E-state index in [9.17, 15) is 4.79 Å². The number of para-hydroxylation sites is 1. The number of hydrogen-bond donors (Lipinski definition) is 0. The molecule has 0 radical (unpaired) electrons. The van der Waals surface area contributed by atoms with E-state index >= 15 is 0 Å². The zero-order valence-electron chi connectivity index (χ0n) is 26.2. The van der Waals surface area contributed by atoms with Crippen molar-refractivity contribution in [1.82, 2.24) is 4.57 Å². The lowest BCUT2D eigenvalue weighted by atomic mass is 9.78. The Morgan fingerprint density at radius 1 is 0.795 bits per heavy atom. The minimum Gasteiger partial charge on any atom is -0.490 e. The largest absolute Gasteiger partial charge is 0.490 e. The van der Waals surface area contributed by atoms with E-state index in [1.54, 1.807) is 0 Å². The zero-order valence-corrected chi connectivity index (χ0v) is 26.2. The van der Waals surface area contributed by atoms with Gasteiger partial charge in [0.05, 0.1) is 5.56 Å². The number of carbonyl (C=O) groups excluding carboxylic acids is 1. The van der Waals surface area contributed by atoms with Crippen molar-refractivity contribution in [2.45, 2.75) is 46.8 Å². The summed E-state index contributed by atoms with van der Waals surface area (Å²) < 4.78 is 21.6. The minimum absolute atomic E-state index is 0.323. The van der Waals surface area contributed by atoms with Crippen molar-refractivity contribution in [3.8, 4) is 11.5 Å². The molecular weight excluding hydrogens is 548 g/mol. The summed E-state index contributed by atoms with van der Waals surface area (Å²) >= 11 is 0. The Hall–Kier alpha value is -4.71. The molecule has 0 fully saturated rings. The van der Waals surface area contributed by atoms with Crippen molar-refractivity contribution in [2.75, 3.05) is 31.2 Å². The molecule has 0 amide bonds. The molecular formula is C38H40N2O4. The fourth-order valence-electron chi connectivity index (χ4n) is 6.67. The highest BCUT2D eigenvalue weighted by Gasteiger charge is 2.52. The first-order chi connectivity index (χ1) is 21.4. The molecule has 6 heteroatoms. The van der Waals surface area contributed by atoms with Crippen molar-refractivity contribution in [3.63, 3.8) is 0 Å². The lowest BCUT2D eigenvalue weighted by Gasteiger charge is -2.33. The van der Waals surface area contributed by atoms with Gasteiger partial charge in [0.2, 0.25) is 0 Å². The maximum atomic E-state index is 13.7. The highest BCUT2D eigenvalue weighted by molar-refractivity contribution is 5.99. The maximum Gasteiger partial charge on any atom is 0.340 e. The van der Waals surface area contributed by atoms with Crippen LogP contribution in [0.15, 0.2) is 91.0 Å². The van der Waals surface area contributed by atoms with E-state index in [-0.39, 0.29) is 5.97 Å². The number of esters is 1. The molecule has 0 spiro atoms. The van der Waals surface area contributed by atoms with Gasteiger partial charge in [-0.3, -0.25) is 0 Å². The fraction of sp³-hybridized carbons (Fsp3) is 0.289. The molecule has 226 valence electrons. The van der Waals surface area contributed by atoms with Crippen molar-refractivity contribution in [3.05, 3.63) is 125 Å². The van der Waals surface area contributed by atoms with E-state index in [0.717, 1.165) is 64.4 Å². The number of fused-ring (bicyclic) bond motifs is 2. The standard InChI is InChI=1S/C38H40N2O4/c1-6-39(7-2)28-19-22-33(35(25-28)43-24-23-42-29-20-17-26(4)18-21-29)38(32-15-11-9-13-30(32)37(41)44-38)36-27(5)40(8-3)34-16-12-10-14-31(34)36/h9-22,25H,6-8,23-24H2,1-5H3. The molecule has 1 unspecified atom stereocenters. The van der Waals surface area contributed by atoms with Crippen LogP contribution < -0.4 is 14.4 Å². The molecule has 0 bridgehead atoms. The SMILES string of the molecule is CCN(CC)c1ccc(C2(c3c(C)n(CC)c4ccccc34)OC(=O)c3ccccc32)c(OCCOc2ccc(C)cc2)c1. The van der Waals surface area contributed by atoms with Gasteiger partial charge < -0.3 is 23.7 Å². The molecule has 0 saturated carbocycles. The molecule has 0 saturated heterocycles. The van der Waals surface area contributed by atoms with Crippen LogP contribution in [0.1, 0.15) is 59.1 Å². The van der Waals surface area contributed by atoms with Crippen molar-refractivity contribution in [2.24, 2.45) is 0 Å². The predicted octanol–water partition coefficient (Wildman–Crippen LogP) is 8.04. The van der Waals surface area contributed by atoms with Crippen LogP contribution >= 0.6 is 0 Å². The number of carbonyl (C=O) groups is 1. The summed E-state index contributed by atoms with van der Waals surface area (Å²) in [4.78, 5) is 16.0. The van der Waals surface area contributed by atoms with Gasteiger partial charge >= 0.3 is 5.97 Å². The smallest absolute Gasteiger partial charge is 0.340 e. The second-order valence-electron chi connectivity index (χ2n) is 11.2. The van der Waals surface area contributed by atoms with Crippen molar-refractivity contribution >= 4 is 22.6 Å². The van der Waals surface area contributed by atoms with Crippen LogP contribution in [0.5, 0.6) is 11.5 Å². The summed E-state index contributed by atoms with van der Waals surface area (Å²) in [7, 11) is 0. The normalized spacial score (nSPS) is 15.7. The second kappa shape index (κ2) is 12.1. The van der Waals surface area contributed by atoms with Crippen LogP contribution in [0.25, 0.3) is 10.9 Å². The van der Waals surface area contributed by atoms with Crippen LogP contribution in [0.2, 0.25) is 0 Å². The summed E-state index contributed by atoms with van der Waals surface area (Å²) in [6.07, 6.45) is 0. The van der Waals surface area contributed by atoms with E-state index in [1.165, 1.54) is 5.56 Å². The number of nitrogens with zero attached hydrogens (tertiary/aromatic N) is 2. The number of ether oxygens (including phenoxy) is 3. The summed E-state index contributed by atoms with van der Waals surface area (Å²) in [5.41, 5.74) is 6.35. The summed E-state index contributed by atoms with van der Waals surface area (Å²) in [5, 5.41) is 1.05. The van der Waals surface area contributed by atoms with Crippen LogP contribution in [0, 0.1) is 13.8 Å². The van der Waals surface area contributed by atoms with Gasteiger partial charge in [0.25, 0.3) is 0 Å². The summed E-state index contributed by atoms with van der Waals surface area (Å²) in [6.45, 7) is 13.8. The van der Waals surface area contributed by atoms with Gasteiger partial charge in [-0.1, -0.05) is 54.1 Å². The van der Waals surface area contributed by atoms with Gasteiger partial charge in [0.1, 0.15) is 24.7 Å². The highest BCUT2D eigenvalue weighted by atomic mass is 16.6. The molecule has 0 aliphatic carbocycles. The number of aryl methyl sites for hydroxylation is 2. The zero-order chi connectivity index (χ0) is 30.8. The van der Waals surface area contributed by atoms with Crippen LogP contribution in [-0.4, -0.2) is 36.8 Å². The van der Waals surface area contributed by atoms with E-state index < -0.39 is 5.60 Å². The van der Waals surface area contributed by atoms with Crippen LogP contribution in [-0.2, 0) is 16.9 Å². The molecule has 1 aromatic heterocycles. The van der Waals surface area contributed by atoms with E-state index in [1.807, 2.05) is 54.6 Å². The maximum absolute atomic E-state index is 13.7. The summed E-state index contributed by atoms with van der Waals surface area (Å²) in [5.74, 6) is 1.13. The Balaban J connectivity index is 1.53. The van der Waals surface area contributed by atoms with Gasteiger partial charge in [0.15, 0.2) is 5.60 Å². The number of aromatic nitrogens is 1. The Labute approximate surface area is 259 Å². The van der Waals surface area contributed by atoms with Crippen molar-refractivity contribution < 1.29 is 19.0 Å². The Bertz CT molecular complexity index is 1800. The predicted molar refractivity (Wildman–Crippen MR) is 176 cm³/mol. The topological polar surface area (TPSA) is 52.9 Å². The molecule has 5 aromatic rings. The molecule has 2 heterocycles. The molecule has 0 N–H and O–H groups in total. The second-order valence-corrected chi connectivity index (χ2v) is 11.2. The molecule has 6 nitrogen and oxygen atoms in total. The number of hydrogen-bond acceptors (Lipinski definition) is 5. The molecule has 1 aliphatic heterocycles. The van der Waals surface area contributed by atoms with Crippen LogP contribution in [0.3, 0.4) is 0 Å². The number of rotatable bonds is 11. The van der Waals surface area contributed by atoms with Gasteiger partial charge in [-0.25, -0.2) is 4.79 Å². The number of benzene rings is 4. The minimum atomic E-state index is -1.20. The average Bonchev–Trinajstić information content (AvgIpc) is 3.51. The third-order valence-electron chi connectivity index (χ3n) is 8.77. The quantitative estimate of drug-likeness (QED) is 0.115. The molecule has 4 aromatic carbocycles. The first-order valence-electron chi connectivity index (χ1n) is 15.6. The first-order valence-corrected chi connectivity index (χ1v) is 15.6. The fourth-order valence-corrected chi connectivity index (χ4v) is 6.67. The third kappa shape index (κ3) is 4.88. The van der Waals surface area contributed by atoms with Gasteiger partial charge in [0, 0.05) is 64.7 Å². The van der Waals surface area contributed by atoms with E-state index in [4.69, 9.17) is 14.2 Å². The Morgan fingerprint density at radius 3 is 2.25 bits per heavy atom. The Morgan fingerprint density at radius 2 is 1.50 bits per heavy atom. The molecule has 6 rings (SSSR count). The van der Waals surface area contributed by atoms with Gasteiger partial charge in [-0.05, 0) is 71.0 Å². The monoisotopic (exact) mass is 588 g/mol. The van der Waals surface area contributed by atoms with Gasteiger partial charge in [-0.2, -0.15) is 0 Å². The molecule has 1 aliphatic rings. The lowest BCUT2D eigenvalue weighted by molar-refractivity contribution is 0.0244. The number of anilines is 1. The molecule has 1 atom stereocenters. The Kier molecular flexibility index (Phi) is 8.09. The number of cyclic esters (lactones) is 1. The summed E-state index contributed by atoms with van der Waals surface area (Å²) in [6, 6.07) is 30.4. The van der Waals surface area contributed by atoms with Crippen LogP contribution in [0.4, 0.5) is 5.69 Å². The average molecular weight is 589 g/mol. The van der Waals surface area contributed by atoms with Gasteiger partial charge in [-0.15, -0.1) is 0 Å². The highest BCUT2D eigenvalue weighted by Crippen LogP contribution is 2.53.